The van der Waals surface area contributed by atoms with Gasteiger partial charge in [0.05, 0.1) is 24.3 Å². The molecule has 0 amide bonds. The Morgan fingerprint density at radius 1 is 1.65 bits per heavy atom. The first-order valence-electron chi connectivity index (χ1n) is 4.87. The van der Waals surface area contributed by atoms with Gasteiger partial charge in [-0.1, -0.05) is 0 Å². The van der Waals surface area contributed by atoms with Crippen LogP contribution in [0.1, 0.15) is 24.6 Å². The number of ether oxygens (including phenoxy) is 1. The number of hydrogen-bond donors (Lipinski definition) is 2. The summed E-state index contributed by atoms with van der Waals surface area (Å²) >= 11 is 0. The van der Waals surface area contributed by atoms with Crippen LogP contribution in [0, 0.1) is 0 Å². The molecule has 3 N–H and O–H groups in total. The Labute approximate surface area is 96.2 Å². The molecule has 0 aliphatic carbocycles. The number of esters is 1. The number of nitrogens with two attached hydrogens (primary N) is 1. The van der Waals surface area contributed by atoms with Gasteiger partial charge in [0, 0.05) is 0 Å². The monoisotopic (exact) mass is 246 g/mol. The fraction of sp³-hybridized carbons (Fsp3) is 0.400. The number of alkyl halides is 2. The van der Waals surface area contributed by atoms with E-state index in [1.54, 1.807) is 6.92 Å². The van der Waals surface area contributed by atoms with Crippen molar-refractivity contribution in [1.29, 1.82) is 0 Å². The van der Waals surface area contributed by atoms with E-state index in [0.29, 0.717) is 0 Å². The fourth-order valence-electron chi connectivity index (χ4n) is 1.23. The van der Waals surface area contributed by atoms with E-state index in [4.69, 9.17) is 5.73 Å². The van der Waals surface area contributed by atoms with E-state index in [1.165, 1.54) is 0 Å². The Balaban J connectivity index is 2.95. The number of nitrogen functional groups attached to an aromatic ring is 1. The van der Waals surface area contributed by atoms with Gasteiger partial charge in [-0.15, -0.1) is 0 Å². The lowest BCUT2D eigenvalue weighted by Crippen LogP contribution is -2.10. The number of aromatic hydroxyl groups is 1. The van der Waals surface area contributed by atoms with Crippen molar-refractivity contribution in [2.45, 2.75) is 19.8 Å². The van der Waals surface area contributed by atoms with Crippen LogP contribution in [0.3, 0.4) is 0 Å². The summed E-state index contributed by atoms with van der Waals surface area (Å²) in [7, 11) is 0. The Morgan fingerprint density at radius 2 is 2.29 bits per heavy atom. The maximum absolute atomic E-state index is 12.4. The molecule has 0 spiro atoms. The van der Waals surface area contributed by atoms with E-state index in [9.17, 15) is 18.7 Å². The highest BCUT2D eigenvalue weighted by atomic mass is 19.3. The lowest BCUT2D eigenvalue weighted by Gasteiger charge is -2.08. The zero-order valence-corrected chi connectivity index (χ0v) is 9.11. The van der Waals surface area contributed by atoms with Crippen molar-refractivity contribution in [2.75, 3.05) is 12.3 Å². The second kappa shape index (κ2) is 5.42. The van der Waals surface area contributed by atoms with Gasteiger partial charge in [-0.05, 0) is 13.0 Å². The molecule has 0 aliphatic rings. The minimum Gasteiger partial charge on any atom is -0.506 e. The summed E-state index contributed by atoms with van der Waals surface area (Å²) in [4.78, 5) is 14.7. The van der Waals surface area contributed by atoms with Crippen molar-refractivity contribution in [2.24, 2.45) is 0 Å². The summed E-state index contributed by atoms with van der Waals surface area (Å²) in [5.74, 6) is -1.51. The van der Waals surface area contributed by atoms with Crippen LogP contribution < -0.4 is 5.73 Å². The Hall–Kier alpha value is -1.92. The Kier molecular flexibility index (Phi) is 4.19. The summed E-state index contributed by atoms with van der Waals surface area (Å²) in [6, 6.07) is 0.807. The summed E-state index contributed by atoms with van der Waals surface area (Å²) in [5, 5.41) is 9.42. The van der Waals surface area contributed by atoms with Gasteiger partial charge >= 0.3 is 5.97 Å². The molecular formula is C10H12F2N2O3. The molecule has 0 unspecified atom stereocenters. The molecule has 0 saturated carbocycles. The van der Waals surface area contributed by atoms with Gasteiger partial charge in [0.15, 0.2) is 0 Å². The third kappa shape index (κ3) is 3.27. The quantitative estimate of drug-likeness (QED) is 0.784. The number of nitrogens with zero attached hydrogens (tertiary/aromatic N) is 1. The first-order valence-corrected chi connectivity index (χ1v) is 4.87. The highest BCUT2D eigenvalue weighted by Crippen LogP contribution is 2.29. The lowest BCUT2D eigenvalue weighted by atomic mass is 10.2. The molecule has 0 atom stereocenters. The van der Waals surface area contributed by atoms with E-state index in [1.807, 2.05) is 0 Å². The average Bonchev–Trinajstić information content (AvgIpc) is 2.22. The molecule has 1 aromatic heterocycles. The molecule has 0 aromatic carbocycles. The fourth-order valence-corrected chi connectivity index (χ4v) is 1.23. The largest absolute Gasteiger partial charge is 0.506 e. The third-order valence-electron chi connectivity index (χ3n) is 1.99. The van der Waals surface area contributed by atoms with E-state index in [2.05, 4.69) is 9.72 Å². The molecule has 1 rings (SSSR count). The average molecular weight is 246 g/mol. The molecule has 1 heterocycles. The van der Waals surface area contributed by atoms with Crippen LogP contribution in [-0.2, 0) is 16.0 Å². The maximum Gasteiger partial charge on any atom is 0.312 e. The minimum atomic E-state index is -2.83. The number of aromatic nitrogens is 1. The second-order valence-corrected chi connectivity index (χ2v) is 3.21. The Bertz CT molecular complexity index is 424. The summed E-state index contributed by atoms with van der Waals surface area (Å²) < 4.78 is 29.4. The van der Waals surface area contributed by atoms with Crippen molar-refractivity contribution in [3.05, 3.63) is 17.3 Å². The van der Waals surface area contributed by atoms with Crippen LogP contribution >= 0.6 is 0 Å². The van der Waals surface area contributed by atoms with E-state index >= 15 is 0 Å². The summed E-state index contributed by atoms with van der Waals surface area (Å²) in [6.45, 7) is 1.81. The molecule has 17 heavy (non-hydrogen) atoms. The van der Waals surface area contributed by atoms with Gasteiger partial charge < -0.3 is 15.6 Å². The van der Waals surface area contributed by atoms with Gasteiger partial charge in [0.1, 0.15) is 11.6 Å². The van der Waals surface area contributed by atoms with Crippen LogP contribution in [0.15, 0.2) is 6.07 Å². The van der Waals surface area contributed by atoms with Crippen molar-refractivity contribution >= 4 is 11.8 Å². The predicted octanol–water partition coefficient (Wildman–Crippen LogP) is 1.41. The van der Waals surface area contributed by atoms with Crippen molar-refractivity contribution in [3.63, 3.8) is 0 Å². The zero-order chi connectivity index (χ0) is 13.0. The molecule has 7 heteroatoms. The SMILES string of the molecule is CCOC(=O)Cc1nc(N)c(C(F)F)cc1O. The first kappa shape index (κ1) is 13.1. The number of pyridine rings is 1. The molecule has 94 valence electrons. The number of carbonyl (C=O) groups excluding carboxylic acids is 1. The minimum absolute atomic E-state index is 0.0784. The topological polar surface area (TPSA) is 85.4 Å². The molecule has 0 saturated heterocycles. The number of rotatable bonds is 4. The zero-order valence-electron chi connectivity index (χ0n) is 9.11. The van der Waals surface area contributed by atoms with E-state index in [-0.39, 0.29) is 18.7 Å². The van der Waals surface area contributed by atoms with Crippen LogP contribution in [0.4, 0.5) is 14.6 Å². The molecule has 0 radical (unpaired) electrons. The highest BCUT2D eigenvalue weighted by molar-refractivity contribution is 5.73. The molecule has 0 aliphatic heterocycles. The van der Waals surface area contributed by atoms with Crippen molar-refractivity contribution in [1.82, 2.24) is 4.98 Å². The van der Waals surface area contributed by atoms with Gasteiger partial charge in [0.25, 0.3) is 6.43 Å². The highest BCUT2D eigenvalue weighted by Gasteiger charge is 2.18. The van der Waals surface area contributed by atoms with Gasteiger partial charge in [0.2, 0.25) is 0 Å². The normalized spacial score (nSPS) is 10.6. The molecule has 5 nitrogen and oxygen atoms in total. The van der Waals surface area contributed by atoms with E-state index < -0.39 is 29.5 Å². The van der Waals surface area contributed by atoms with Gasteiger partial charge in [-0.3, -0.25) is 4.79 Å². The lowest BCUT2D eigenvalue weighted by molar-refractivity contribution is -0.142. The number of carbonyl (C=O) groups is 1. The van der Waals surface area contributed by atoms with Crippen LogP contribution in [0.25, 0.3) is 0 Å². The molecule has 1 aromatic rings. The van der Waals surface area contributed by atoms with Crippen LogP contribution in [0.5, 0.6) is 5.75 Å². The summed E-state index contributed by atoms with van der Waals surface area (Å²) in [6.07, 6.45) is -3.14. The molecule has 0 fully saturated rings. The standard InChI is InChI=1S/C10H12F2N2O3/c1-2-17-8(16)4-6-7(15)3-5(9(11)12)10(13)14-6/h3,9,15H,2,4H2,1H3,(H2,13,14). The van der Waals surface area contributed by atoms with Gasteiger partial charge in [-0.25, -0.2) is 13.8 Å². The number of hydrogen-bond acceptors (Lipinski definition) is 5. The third-order valence-corrected chi connectivity index (χ3v) is 1.99. The van der Waals surface area contributed by atoms with Gasteiger partial charge in [-0.2, -0.15) is 0 Å². The number of anilines is 1. The molecular weight excluding hydrogens is 234 g/mol. The van der Waals surface area contributed by atoms with Crippen molar-refractivity contribution in [3.8, 4) is 5.75 Å². The first-order chi connectivity index (χ1) is 7.95. The predicted molar refractivity (Wildman–Crippen MR) is 55.6 cm³/mol. The maximum atomic E-state index is 12.4. The van der Waals surface area contributed by atoms with Crippen LogP contribution in [-0.4, -0.2) is 22.7 Å². The second-order valence-electron chi connectivity index (χ2n) is 3.21. The Morgan fingerprint density at radius 3 is 2.82 bits per heavy atom. The van der Waals surface area contributed by atoms with Crippen LogP contribution in [0.2, 0.25) is 0 Å². The summed E-state index contributed by atoms with van der Waals surface area (Å²) in [5.41, 5.74) is 4.65. The smallest absolute Gasteiger partial charge is 0.312 e. The number of halogens is 2. The molecule has 0 bridgehead atoms. The van der Waals surface area contributed by atoms with E-state index in [0.717, 1.165) is 6.07 Å². The van der Waals surface area contributed by atoms with Crippen molar-refractivity contribution < 1.29 is 23.4 Å².